The van der Waals surface area contributed by atoms with Crippen molar-refractivity contribution in [2.75, 3.05) is 5.32 Å². The average Bonchev–Trinajstić information content (AvgIpc) is 3.02. The van der Waals surface area contributed by atoms with Crippen molar-refractivity contribution in [3.63, 3.8) is 0 Å². The number of aryl methyl sites for hydroxylation is 1. The van der Waals surface area contributed by atoms with Gasteiger partial charge in [-0.05, 0) is 66.3 Å². The number of amides is 1. The van der Waals surface area contributed by atoms with Gasteiger partial charge in [0.05, 0.1) is 6.42 Å². The Morgan fingerprint density at radius 3 is 2.17 bits per heavy atom. The van der Waals surface area contributed by atoms with E-state index in [4.69, 9.17) is 9.47 Å². The normalized spacial score (nSPS) is 15.3. The van der Waals surface area contributed by atoms with Gasteiger partial charge in [0.1, 0.15) is 17.6 Å². The van der Waals surface area contributed by atoms with Gasteiger partial charge in [0, 0.05) is 35.1 Å². The minimum absolute atomic E-state index is 0. The molecule has 0 unspecified atom stereocenters. The number of carboxylic acid groups (broad SMARTS) is 1. The Balaban J connectivity index is 0.00000500. The van der Waals surface area contributed by atoms with Gasteiger partial charge in [-0.1, -0.05) is 101 Å². The molecule has 3 aromatic rings. The van der Waals surface area contributed by atoms with Gasteiger partial charge in [0.2, 0.25) is 5.91 Å². The van der Waals surface area contributed by atoms with Crippen LogP contribution < -0.4 is 44.7 Å². The van der Waals surface area contributed by atoms with Crippen LogP contribution in [0.1, 0.15) is 113 Å². The smallest absolute Gasteiger partial charge is 0.550 e. The van der Waals surface area contributed by atoms with E-state index >= 15 is 0 Å². The maximum atomic E-state index is 13.8. The zero-order valence-corrected chi connectivity index (χ0v) is 30.3. The fraction of sp³-hybridized carbons (Fsp3) is 0.462. The molecule has 8 heteroatoms. The Labute approximate surface area is 301 Å². The maximum absolute atomic E-state index is 13.8. The molecule has 1 aliphatic carbocycles. The molecule has 0 bridgehead atoms. The van der Waals surface area contributed by atoms with E-state index in [0.29, 0.717) is 18.8 Å². The molecule has 47 heavy (non-hydrogen) atoms. The van der Waals surface area contributed by atoms with Crippen molar-refractivity contribution in [1.29, 1.82) is 0 Å². The third-order valence-corrected chi connectivity index (χ3v) is 9.27. The second-order valence-electron chi connectivity index (χ2n) is 13.9. The molecule has 0 spiro atoms. The summed E-state index contributed by atoms with van der Waals surface area (Å²) in [6.07, 6.45) is 7.45. The predicted molar refractivity (Wildman–Crippen MR) is 177 cm³/mol. The third-order valence-electron chi connectivity index (χ3n) is 9.27. The molecule has 3 aromatic carbocycles. The summed E-state index contributed by atoms with van der Waals surface area (Å²) < 4.78 is 12.0. The quantitative estimate of drug-likeness (QED) is 0.228. The molecule has 1 aliphatic heterocycles. The molecule has 0 saturated heterocycles. The first-order chi connectivity index (χ1) is 22.1. The first-order valence-corrected chi connectivity index (χ1v) is 16.7. The Morgan fingerprint density at radius 2 is 1.55 bits per heavy atom. The molecule has 1 heterocycles. The first kappa shape index (κ1) is 36.7. The van der Waals surface area contributed by atoms with E-state index < -0.39 is 11.9 Å². The number of fused-ring (bicyclic) bond motifs is 2. The van der Waals surface area contributed by atoms with Crippen LogP contribution in [0.25, 0.3) is 0 Å². The van der Waals surface area contributed by atoms with E-state index in [9.17, 15) is 19.5 Å². The van der Waals surface area contributed by atoms with E-state index in [1.165, 1.54) is 19.3 Å². The number of rotatable bonds is 12. The zero-order valence-electron chi connectivity index (χ0n) is 28.3. The number of anilines is 1. The van der Waals surface area contributed by atoms with Crippen LogP contribution in [0.15, 0.2) is 66.7 Å². The molecule has 2 aliphatic rings. The van der Waals surface area contributed by atoms with Gasteiger partial charge in [-0.25, -0.2) is 0 Å². The van der Waals surface area contributed by atoms with Crippen molar-refractivity contribution in [3.05, 3.63) is 89.0 Å². The van der Waals surface area contributed by atoms with Gasteiger partial charge in [0.15, 0.2) is 0 Å². The summed E-state index contributed by atoms with van der Waals surface area (Å²) in [5, 5.41) is 14.1. The second kappa shape index (κ2) is 16.8. The summed E-state index contributed by atoms with van der Waals surface area (Å²) in [7, 11) is 0. The van der Waals surface area contributed by atoms with Crippen LogP contribution in [0, 0.1) is 5.92 Å². The summed E-state index contributed by atoms with van der Waals surface area (Å²) in [5.74, 6) is 0.118. The molecule has 1 saturated carbocycles. The van der Waals surface area contributed by atoms with Crippen molar-refractivity contribution in [2.24, 2.45) is 5.92 Å². The van der Waals surface area contributed by atoms with Crippen molar-refractivity contribution >= 4 is 23.5 Å². The number of para-hydroxylation sites is 2. The number of benzene rings is 3. The standard InChI is InChI=1S/C39H47NO6.Na/c1-39(2,3)32-20-18-27(17-19-28(23-26-11-5-4-6-12-26)45-38(44)22-21-37(42)43)24-33(32)40-36(41)25-31-29-13-7-9-15-34(29)46-35-16-10-8-14-30(31)35;/h7-10,13-16,18,20,24,26,28,31H,4-6,11-12,17,19,21-23,25H2,1-3H3,(H,40,41)(H,42,43);/q;+1/p-1/t28-;/m0./s1. The van der Waals surface area contributed by atoms with Crippen LogP contribution in [-0.4, -0.2) is 23.9 Å². The monoisotopic (exact) mass is 647 g/mol. The molecule has 244 valence electrons. The van der Waals surface area contributed by atoms with Crippen molar-refractivity contribution in [1.82, 2.24) is 0 Å². The molecule has 5 rings (SSSR count). The van der Waals surface area contributed by atoms with Gasteiger partial charge in [0.25, 0.3) is 0 Å². The minimum atomic E-state index is -1.25. The first-order valence-electron chi connectivity index (χ1n) is 16.7. The SMILES string of the molecule is CC(C)(C)c1ccc(CC[C@@H](CC2CCCCC2)OC(=O)CCC(=O)[O-])cc1NC(=O)CC1c2ccccc2Oc2ccccc21.[Na+]. The molecule has 1 atom stereocenters. The number of ether oxygens (including phenoxy) is 2. The molecule has 0 aromatic heterocycles. The average molecular weight is 648 g/mol. The number of carbonyl (C=O) groups excluding carboxylic acids is 3. The van der Waals surface area contributed by atoms with E-state index in [1.54, 1.807) is 0 Å². The third kappa shape index (κ3) is 10.2. The Morgan fingerprint density at radius 1 is 0.915 bits per heavy atom. The fourth-order valence-corrected chi connectivity index (χ4v) is 6.92. The summed E-state index contributed by atoms with van der Waals surface area (Å²) in [4.78, 5) is 37.1. The van der Waals surface area contributed by atoms with Gasteiger partial charge >= 0.3 is 35.5 Å². The van der Waals surface area contributed by atoms with Gasteiger partial charge in [-0.2, -0.15) is 0 Å². The Bertz CT molecular complexity index is 1490. The number of hydrogen-bond donors (Lipinski definition) is 1. The largest absolute Gasteiger partial charge is 1.00 e. The molecule has 1 amide bonds. The van der Waals surface area contributed by atoms with Crippen LogP contribution in [0.3, 0.4) is 0 Å². The number of hydrogen-bond acceptors (Lipinski definition) is 6. The van der Waals surface area contributed by atoms with Crippen molar-refractivity contribution < 1.29 is 58.5 Å². The van der Waals surface area contributed by atoms with E-state index in [0.717, 1.165) is 58.7 Å². The molecular formula is C39H46NNaO6. The van der Waals surface area contributed by atoms with Crippen molar-refractivity contribution in [2.45, 2.75) is 109 Å². The summed E-state index contributed by atoms with van der Waals surface area (Å²) in [6, 6.07) is 22.0. The van der Waals surface area contributed by atoms with Crippen LogP contribution in [-0.2, 0) is 31.0 Å². The molecule has 7 nitrogen and oxygen atoms in total. The van der Waals surface area contributed by atoms with E-state index in [1.807, 2.05) is 48.5 Å². The second-order valence-corrected chi connectivity index (χ2v) is 13.9. The molecule has 1 N–H and O–H groups in total. The fourth-order valence-electron chi connectivity index (χ4n) is 6.92. The van der Waals surface area contributed by atoms with Gasteiger partial charge in [-0.3, -0.25) is 9.59 Å². The summed E-state index contributed by atoms with van der Waals surface area (Å²) >= 11 is 0. The van der Waals surface area contributed by atoms with E-state index in [2.05, 4.69) is 44.3 Å². The number of carboxylic acids is 1. The molecule has 0 radical (unpaired) electrons. The summed E-state index contributed by atoms with van der Waals surface area (Å²) in [6.45, 7) is 6.40. The Hall–Kier alpha value is -3.13. The predicted octanol–water partition coefficient (Wildman–Crippen LogP) is 4.60. The minimum Gasteiger partial charge on any atom is -0.550 e. The van der Waals surface area contributed by atoms with E-state index in [-0.39, 0.29) is 72.2 Å². The number of nitrogens with one attached hydrogen (secondary N) is 1. The molecule has 1 fully saturated rings. The topological polar surface area (TPSA) is 105 Å². The maximum Gasteiger partial charge on any atom is 1.00 e. The van der Waals surface area contributed by atoms with Gasteiger partial charge in [-0.15, -0.1) is 0 Å². The number of carbonyl (C=O) groups is 3. The summed E-state index contributed by atoms with van der Waals surface area (Å²) in [5.41, 5.74) is 4.68. The number of aliphatic carboxylic acids is 1. The van der Waals surface area contributed by atoms with Crippen LogP contribution in [0.2, 0.25) is 0 Å². The Kier molecular flexibility index (Phi) is 13.1. The van der Waals surface area contributed by atoms with Crippen LogP contribution >= 0.6 is 0 Å². The van der Waals surface area contributed by atoms with Crippen molar-refractivity contribution in [3.8, 4) is 11.5 Å². The number of esters is 1. The van der Waals surface area contributed by atoms with Crippen LogP contribution in [0.5, 0.6) is 11.5 Å². The van der Waals surface area contributed by atoms with Gasteiger partial charge < -0.3 is 24.7 Å². The molecular weight excluding hydrogens is 601 g/mol. The zero-order chi connectivity index (χ0) is 32.7. The van der Waals surface area contributed by atoms with Crippen LogP contribution in [0.4, 0.5) is 5.69 Å².